The number of benzene rings is 1. The molecule has 0 aromatic heterocycles. The van der Waals surface area contributed by atoms with Crippen molar-refractivity contribution in [2.24, 2.45) is 17.8 Å². The predicted octanol–water partition coefficient (Wildman–Crippen LogP) is 4.46. The Kier molecular flexibility index (Phi) is 11.9. The number of carbonyl (C=O) groups excluding carboxylic acids is 2. The van der Waals surface area contributed by atoms with E-state index in [0.29, 0.717) is 29.1 Å². The van der Waals surface area contributed by atoms with E-state index in [1.54, 1.807) is 6.08 Å². The van der Waals surface area contributed by atoms with Crippen LogP contribution in [0.5, 0.6) is 5.75 Å². The number of nitrogens with one attached hydrogen (secondary N) is 1. The molecule has 228 valence electrons. The molecule has 0 heterocycles. The first-order valence-corrected chi connectivity index (χ1v) is 16.4. The van der Waals surface area contributed by atoms with Gasteiger partial charge in [-0.3, -0.25) is 9.59 Å². The standard InChI is InChI=1S/C32H47IN2O6/c1-20(2)24-13-12-21(3)16-28(24)40-19-30(37)35(23-8-4-5-9-23)26-17-22(32(39)34-14-15-36)18-29(31(26)38)41-27-11-7-6-10-25(27)33/h6-7,10-11,18,20-21,23-24,26,28-29,31,36,38H,4-5,8-9,12-17,19H2,1-3H3,(H,34,39)/t21-,24+,26+,28-,29-,31-/m0/s1. The molecule has 2 saturated carbocycles. The monoisotopic (exact) mass is 682 g/mol. The number of hydrogen-bond donors (Lipinski definition) is 3. The van der Waals surface area contributed by atoms with Gasteiger partial charge < -0.3 is 29.9 Å². The summed E-state index contributed by atoms with van der Waals surface area (Å²) in [6, 6.07) is 6.88. The molecule has 0 bridgehead atoms. The summed E-state index contributed by atoms with van der Waals surface area (Å²) >= 11 is 2.18. The van der Waals surface area contributed by atoms with Crippen molar-refractivity contribution in [3.05, 3.63) is 39.5 Å². The highest BCUT2D eigenvalue weighted by atomic mass is 127. The number of carbonyl (C=O) groups is 2. The molecule has 1 aromatic carbocycles. The third-order valence-corrected chi connectivity index (χ3v) is 9.95. The van der Waals surface area contributed by atoms with Crippen molar-refractivity contribution in [3.8, 4) is 5.75 Å². The van der Waals surface area contributed by atoms with Crippen molar-refractivity contribution < 1.29 is 29.3 Å². The van der Waals surface area contributed by atoms with Crippen LogP contribution in [0.1, 0.15) is 72.1 Å². The van der Waals surface area contributed by atoms with Gasteiger partial charge in [0, 0.05) is 24.6 Å². The maximum atomic E-state index is 14.0. The van der Waals surface area contributed by atoms with Gasteiger partial charge in [0.1, 0.15) is 24.6 Å². The lowest BCUT2D eigenvalue weighted by Crippen LogP contribution is -2.58. The Bertz CT molecular complexity index is 1060. The molecule has 4 rings (SSSR count). The van der Waals surface area contributed by atoms with Crippen LogP contribution in [0.15, 0.2) is 35.9 Å². The first-order chi connectivity index (χ1) is 19.7. The number of para-hydroxylation sites is 1. The Morgan fingerprint density at radius 2 is 1.88 bits per heavy atom. The van der Waals surface area contributed by atoms with E-state index >= 15 is 0 Å². The van der Waals surface area contributed by atoms with Crippen LogP contribution in [0.4, 0.5) is 0 Å². The summed E-state index contributed by atoms with van der Waals surface area (Å²) in [5, 5.41) is 23.7. The highest BCUT2D eigenvalue weighted by molar-refractivity contribution is 14.1. The fourth-order valence-corrected chi connectivity index (χ4v) is 7.35. The molecule has 0 unspecified atom stereocenters. The molecule has 8 nitrogen and oxygen atoms in total. The van der Waals surface area contributed by atoms with Gasteiger partial charge in [0.05, 0.1) is 22.3 Å². The summed E-state index contributed by atoms with van der Waals surface area (Å²) in [6.07, 6.45) is 7.10. The zero-order valence-corrected chi connectivity index (χ0v) is 26.8. The van der Waals surface area contributed by atoms with Crippen LogP contribution < -0.4 is 10.1 Å². The van der Waals surface area contributed by atoms with E-state index in [-0.39, 0.29) is 50.1 Å². The smallest absolute Gasteiger partial charge is 0.249 e. The highest BCUT2D eigenvalue weighted by Crippen LogP contribution is 2.37. The largest absolute Gasteiger partial charge is 0.482 e. The molecule has 9 heteroatoms. The maximum absolute atomic E-state index is 14.0. The maximum Gasteiger partial charge on any atom is 0.249 e. The highest BCUT2D eigenvalue weighted by Gasteiger charge is 2.44. The van der Waals surface area contributed by atoms with Crippen LogP contribution in [-0.4, -0.2) is 77.1 Å². The summed E-state index contributed by atoms with van der Waals surface area (Å²) in [5.41, 5.74) is 0.447. The Morgan fingerprint density at radius 1 is 1.15 bits per heavy atom. The molecule has 2 fully saturated rings. The molecule has 0 spiro atoms. The molecule has 3 N–H and O–H groups in total. The number of ether oxygens (including phenoxy) is 2. The number of amides is 2. The quantitative estimate of drug-likeness (QED) is 0.298. The van der Waals surface area contributed by atoms with Crippen LogP contribution in [0.2, 0.25) is 0 Å². The number of hydrogen-bond acceptors (Lipinski definition) is 6. The molecule has 0 aliphatic heterocycles. The van der Waals surface area contributed by atoms with Crippen LogP contribution in [0.25, 0.3) is 0 Å². The molecule has 3 aliphatic carbocycles. The molecule has 1 aromatic rings. The minimum atomic E-state index is -1.02. The van der Waals surface area contributed by atoms with Crippen molar-refractivity contribution in [2.45, 2.75) is 103 Å². The summed E-state index contributed by atoms with van der Waals surface area (Å²) in [6.45, 7) is 6.63. The zero-order valence-electron chi connectivity index (χ0n) is 24.6. The van der Waals surface area contributed by atoms with Crippen LogP contribution in [0, 0.1) is 21.3 Å². The van der Waals surface area contributed by atoms with E-state index in [1.807, 2.05) is 29.2 Å². The number of aliphatic hydroxyl groups is 2. The van der Waals surface area contributed by atoms with E-state index < -0.39 is 18.2 Å². The van der Waals surface area contributed by atoms with E-state index in [4.69, 9.17) is 9.47 Å². The van der Waals surface area contributed by atoms with E-state index in [0.717, 1.165) is 42.1 Å². The van der Waals surface area contributed by atoms with Gasteiger partial charge in [-0.15, -0.1) is 0 Å². The lowest BCUT2D eigenvalue weighted by atomic mass is 9.75. The SMILES string of the molecule is CC(C)[C@H]1CC[C@H](C)C[C@@H]1OCC(=O)N(C1CCCC1)[C@@H]1CC(C(=O)NCCO)=C[C@H](Oc2ccccc2I)[C@H]1O. The van der Waals surface area contributed by atoms with Crippen LogP contribution in [-0.2, 0) is 14.3 Å². The summed E-state index contributed by atoms with van der Waals surface area (Å²) in [7, 11) is 0. The fourth-order valence-electron chi connectivity index (χ4n) is 6.84. The second-order valence-electron chi connectivity index (χ2n) is 12.4. The van der Waals surface area contributed by atoms with E-state index in [2.05, 4.69) is 48.7 Å². The average molecular weight is 683 g/mol. The van der Waals surface area contributed by atoms with Gasteiger partial charge >= 0.3 is 0 Å². The number of rotatable bonds is 11. The first-order valence-electron chi connectivity index (χ1n) is 15.3. The predicted molar refractivity (Wildman–Crippen MR) is 166 cm³/mol. The lowest BCUT2D eigenvalue weighted by Gasteiger charge is -2.44. The molecule has 0 saturated heterocycles. The van der Waals surface area contributed by atoms with Crippen LogP contribution in [0.3, 0.4) is 0 Å². The van der Waals surface area contributed by atoms with Gasteiger partial charge in [0.2, 0.25) is 11.8 Å². The molecule has 6 atom stereocenters. The Labute approximate surface area is 258 Å². The van der Waals surface area contributed by atoms with Crippen molar-refractivity contribution in [1.29, 1.82) is 0 Å². The van der Waals surface area contributed by atoms with Gasteiger partial charge in [-0.2, -0.15) is 0 Å². The summed E-state index contributed by atoms with van der Waals surface area (Å²) in [5.74, 6) is 1.63. The van der Waals surface area contributed by atoms with Crippen molar-refractivity contribution in [3.63, 3.8) is 0 Å². The molecule has 2 amide bonds. The topological polar surface area (TPSA) is 108 Å². The number of aliphatic hydroxyl groups excluding tert-OH is 2. The van der Waals surface area contributed by atoms with E-state index in [9.17, 15) is 19.8 Å². The number of nitrogens with zero attached hydrogens (tertiary/aromatic N) is 1. The molecular weight excluding hydrogens is 635 g/mol. The Hall–Kier alpha value is -1.69. The van der Waals surface area contributed by atoms with Gasteiger partial charge in [-0.05, 0) is 84.2 Å². The number of halogens is 1. The summed E-state index contributed by atoms with van der Waals surface area (Å²) < 4.78 is 13.6. The van der Waals surface area contributed by atoms with Crippen molar-refractivity contribution in [1.82, 2.24) is 10.2 Å². The molecular formula is C32H47IN2O6. The second-order valence-corrected chi connectivity index (χ2v) is 13.5. The van der Waals surface area contributed by atoms with Crippen molar-refractivity contribution in [2.75, 3.05) is 19.8 Å². The average Bonchev–Trinajstić information content (AvgIpc) is 3.48. The van der Waals surface area contributed by atoms with Gasteiger partial charge in [0.15, 0.2) is 0 Å². The van der Waals surface area contributed by atoms with Gasteiger partial charge in [-0.25, -0.2) is 0 Å². The van der Waals surface area contributed by atoms with Crippen LogP contribution >= 0.6 is 22.6 Å². The lowest BCUT2D eigenvalue weighted by molar-refractivity contribution is -0.151. The second kappa shape index (κ2) is 15.2. The van der Waals surface area contributed by atoms with Crippen molar-refractivity contribution >= 4 is 34.4 Å². The first kappa shape index (κ1) is 32.2. The Morgan fingerprint density at radius 3 is 2.56 bits per heavy atom. The fraction of sp³-hybridized carbons (Fsp3) is 0.688. The summed E-state index contributed by atoms with van der Waals surface area (Å²) in [4.78, 5) is 29.0. The molecule has 0 radical (unpaired) electrons. The minimum Gasteiger partial charge on any atom is -0.482 e. The Balaban J connectivity index is 1.59. The molecule has 41 heavy (non-hydrogen) atoms. The third kappa shape index (κ3) is 8.24. The van der Waals surface area contributed by atoms with Gasteiger partial charge in [-0.1, -0.05) is 52.2 Å². The minimum absolute atomic E-state index is 0.0192. The molecule has 3 aliphatic rings. The third-order valence-electron chi connectivity index (χ3n) is 9.06. The normalized spacial score (nSPS) is 28.8. The van der Waals surface area contributed by atoms with Gasteiger partial charge in [0.25, 0.3) is 0 Å². The zero-order chi connectivity index (χ0) is 29.5. The van der Waals surface area contributed by atoms with E-state index in [1.165, 1.54) is 6.42 Å².